The molecule has 6 nitrogen and oxygen atoms in total. The fourth-order valence-electron chi connectivity index (χ4n) is 2.77. The van der Waals surface area contributed by atoms with Gasteiger partial charge < -0.3 is 9.67 Å². The quantitative estimate of drug-likeness (QED) is 0.604. The molecule has 0 saturated heterocycles. The molecule has 2 atom stereocenters. The van der Waals surface area contributed by atoms with Crippen LogP contribution in [-0.2, 0) is 21.1 Å². The summed E-state index contributed by atoms with van der Waals surface area (Å²) in [7, 11) is -3.90. The molecule has 1 aromatic heterocycles. The summed E-state index contributed by atoms with van der Waals surface area (Å²) in [6.07, 6.45) is 2.63. The number of aliphatic carboxylic acids is 1. The Kier molecular flexibility index (Phi) is 6.28. The zero-order chi connectivity index (χ0) is 19.5. The minimum Gasteiger partial charge on any atom is -0.480 e. The number of carboxylic acid groups (broad SMARTS) is 1. The van der Waals surface area contributed by atoms with Crippen LogP contribution in [0.2, 0.25) is 0 Å². The monoisotopic (exact) mass is 489 g/mol. The summed E-state index contributed by atoms with van der Waals surface area (Å²) in [6, 6.07) is 11.8. The number of pyridine rings is 1. The van der Waals surface area contributed by atoms with E-state index in [2.05, 4.69) is 0 Å². The molecule has 2 rings (SSSR count). The van der Waals surface area contributed by atoms with E-state index in [1.165, 1.54) is 17.6 Å². The highest BCUT2D eigenvalue weighted by Gasteiger charge is 2.45. The summed E-state index contributed by atoms with van der Waals surface area (Å²) in [6.45, 7) is 1.19. The molecule has 0 aliphatic carbocycles. The van der Waals surface area contributed by atoms with Crippen LogP contribution in [0.5, 0.6) is 0 Å². The van der Waals surface area contributed by atoms with Gasteiger partial charge in [0, 0.05) is 28.1 Å². The van der Waals surface area contributed by atoms with E-state index < -0.39 is 26.6 Å². The molecule has 0 fully saturated rings. The first kappa shape index (κ1) is 20.6. The van der Waals surface area contributed by atoms with Crippen LogP contribution >= 0.6 is 22.6 Å². The van der Waals surface area contributed by atoms with Crippen LogP contribution < -0.4 is 5.56 Å². The molecule has 0 saturated carbocycles. The Morgan fingerprint density at radius 1 is 1.27 bits per heavy atom. The van der Waals surface area contributed by atoms with Gasteiger partial charge in [0.2, 0.25) is 0 Å². The molecule has 0 bridgehead atoms. The zero-order valence-corrected chi connectivity index (χ0v) is 17.4. The smallest absolute Gasteiger partial charge is 0.324 e. The number of carboxylic acids is 1. The van der Waals surface area contributed by atoms with Crippen molar-refractivity contribution in [3.05, 3.63) is 68.1 Å². The second-order valence-corrected chi connectivity index (χ2v) is 10.1. The normalized spacial score (nSPS) is 15.2. The van der Waals surface area contributed by atoms with Crippen molar-refractivity contribution in [1.29, 1.82) is 0 Å². The minimum absolute atomic E-state index is 0.212. The van der Waals surface area contributed by atoms with Gasteiger partial charge in [-0.05, 0) is 54.0 Å². The van der Waals surface area contributed by atoms with Crippen molar-refractivity contribution < 1.29 is 18.3 Å². The van der Waals surface area contributed by atoms with Gasteiger partial charge in [0.15, 0.2) is 14.6 Å². The molecule has 1 N–H and O–H groups in total. The van der Waals surface area contributed by atoms with E-state index in [1.807, 2.05) is 52.9 Å². The highest BCUT2D eigenvalue weighted by atomic mass is 127. The Morgan fingerprint density at radius 2 is 1.88 bits per heavy atom. The van der Waals surface area contributed by atoms with E-state index in [1.54, 1.807) is 12.3 Å². The third-order valence-electron chi connectivity index (χ3n) is 4.51. The highest BCUT2D eigenvalue weighted by Crippen LogP contribution is 2.30. The van der Waals surface area contributed by atoms with Gasteiger partial charge in [-0.25, -0.2) is 8.42 Å². The van der Waals surface area contributed by atoms with Crippen molar-refractivity contribution >= 4 is 38.4 Å². The van der Waals surface area contributed by atoms with Gasteiger partial charge in [-0.3, -0.25) is 9.59 Å². The lowest BCUT2D eigenvalue weighted by atomic mass is 9.95. The van der Waals surface area contributed by atoms with Gasteiger partial charge >= 0.3 is 5.97 Å². The molecule has 0 amide bonds. The molecule has 26 heavy (non-hydrogen) atoms. The van der Waals surface area contributed by atoms with E-state index >= 15 is 0 Å². The minimum atomic E-state index is -3.90. The number of hydrogen-bond donors (Lipinski definition) is 1. The molecule has 140 valence electrons. The van der Waals surface area contributed by atoms with Crippen LogP contribution in [-0.4, -0.2) is 35.1 Å². The Balaban J connectivity index is 2.53. The van der Waals surface area contributed by atoms with Gasteiger partial charge in [-0.15, -0.1) is 0 Å². The van der Waals surface area contributed by atoms with Crippen molar-refractivity contribution in [1.82, 2.24) is 4.57 Å². The predicted molar refractivity (Wildman–Crippen MR) is 108 cm³/mol. The Bertz CT molecular complexity index is 955. The van der Waals surface area contributed by atoms with Crippen LogP contribution in [0.25, 0.3) is 0 Å². The van der Waals surface area contributed by atoms with Gasteiger partial charge in [0.1, 0.15) is 0 Å². The highest BCUT2D eigenvalue weighted by molar-refractivity contribution is 14.1. The second kappa shape index (κ2) is 7.91. The Hall–Kier alpha value is -1.68. The summed E-state index contributed by atoms with van der Waals surface area (Å²) in [5.74, 6) is -1.42. The first-order valence-electron chi connectivity index (χ1n) is 7.89. The maximum atomic E-state index is 12.4. The van der Waals surface area contributed by atoms with Crippen LogP contribution in [0, 0.1) is 3.57 Å². The average molecular weight is 489 g/mol. The van der Waals surface area contributed by atoms with E-state index in [4.69, 9.17) is 0 Å². The third kappa shape index (κ3) is 4.53. The second-order valence-electron chi connectivity index (χ2n) is 6.45. The maximum absolute atomic E-state index is 12.4. The number of hydrogen-bond acceptors (Lipinski definition) is 4. The zero-order valence-electron chi connectivity index (χ0n) is 14.4. The summed E-state index contributed by atoms with van der Waals surface area (Å²) < 4.78 is 24.5. The molecular formula is C18H20INO5S. The largest absolute Gasteiger partial charge is 0.480 e. The number of carbonyl (C=O) groups is 1. The number of rotatable bonds is 7. The van der Waals surface area contributed by atoms with E-state index in [0.29, 0.717) is 6.42 Å². The van der Waals surface area contributed by atoms with E-state index in [9.17, 15) is 23.1 Å². The molecule has 8 heteroatoms. The van der Waals surface area contributed by atoms with Crippen LogP contribution in [0.1, 0.15) is 24.9 Å². The first-order chi connectivity index (χ1) is 12.0. The molecule has 0 aliphatic rings. The number of sulfone groups is 1. The number of benzene rings is 1. The summed E-state index contributed by atoms with van der Waals surface area (Å²) in [5, 5.41) is 9.58. The lowest BCUT2D eigenvalue weighted by Gasteiger charge is -2.29. The van der Waals surface area contributed by atoms with Gasteiger partial charge in [-0.2, -0.15) is 0 Å². The summed E-state index contributed by atoms with van der Waals surface area (Å²) >= 11 is 2.02. The van der Waals surface area contributed by atoms with Gasteiger partial charge in [-0.1, -0.05) is 30.3 Å². The Labute approximate surface area is 165 Å². The topological polar surface area (TPSA) is 93.4 Å². The molecule has 0 spiro atoms. The predicted octanol–water partition coefficient (Wildman–Crippen LogP) is 2.51. The Morgan fingerprint density at radius 3 is 2.38 bits per heavy atom. The van der Waals surface area contributed by atoms with Gasteiger partial charge in [0.25, 0.3) is 5.56 Å². The lowest BCUT2D eigenvalue weighted by molar-refractivity contribution is -0.140. The maximum Gasteiger partial charge on any atom is 0.324 e. The number of halogens is 1. The van der Waals surface area contributed by atoms with Crippen molar-refractivity contribution in [3.8, 4) is 0 Å². The standard InChI is InChI=1S/C18H20INO5S/c1-18(17(22)23,26(2,24)25)12-15(10-13-6-4-3-5-7-13)20-9-8-14(19)11-16(20)21/h3-9,11,15H,10,12H2,1-2H3,(H,22,23)/t15?,18-/m1/s1. The molecule has 1 heterocycles. The van der Waals surface area contributed by atoms with Gasteiger partial charge in [0.05, 0.1) is 0 Å². The SMILES string of the molecule is C[C@@](CC(Cc1ccccc1)n1ccc(I)cc1=O)(C(=O)O)S(C)(=O)=O. The van der Waals surface area contributed by atoms with Crippen molar-refractivity contribution in [3.63, 3.8) is 0 Å². The number of nitrogens with zero attached hydrogens (tertiary/aromatic N) is 1. The first-order valence-corrected chi connectivity index (χ1v) is 10.9. The fourth-order valence-corrected chi connectivity index (χ4v) is 4.01. The van der Waals surface area contributed by atoms with Crippen molar-refractivity contribution in [2.24, 2.45) is 0 Å². The van der Waals surface area contributed by atoms with E-state index in [-0.39, 0.29) is 12.0 Å². The van der Waals surface area contributed by atoms with Crippen LogP contribution in [0.15, 0.2) is 53.5 Å². The third-order valence-corrected chi connectivity index (χ3v) is 7.16. The lowest BCUT2D eigenvalue weighted by Crippen LogP contribution is -2.46. The molecule has 2 aromatic rings. The molecular weight excluding hydrogens is 469 g/mol. The summed E-state index contributed by atoms with van der Waals surface area (Å²) in [4.78, 5) is 24.2. The molecule has 0 radical (unpaired) electrons. The fraction of sp³-hybridized carbons (Fsp3) is 0.333. The number of aromatic nitrogens is 1. The summed E-state index contributed by atoms with van der Waals surface area (Å²) in [5.41, 5.74) is 0.600. The van der Waals surface area contributed by atoms with Crippen LogP contribution in [0.4, 0.5) is 0 Å². The average Bonchev–Trinajstić information content (AvgIpc) is 2.54. The molecule has 1 aromatic carbocycles. The molecule has 1 unspecified atom stereocenters. The molecule has 0 aliphatic heterocycles. The van der Waals surface area contributed by atoms with E-state index in [0.717, 1.165) is 15.4 Å². The van der Waals surface area contributed by atoms with Crippen molar-refractivity contribution in [2.75, 3.05) is 6.26 Å². The van der Waals surface area contributed by atoms with Crippen molar-refractivity contribution in [2.45, 2.75) is 30.6 Å². The van der Waals surface area contributed by atoms with Crippen LogP contribution in [0.3, 0.4) is 0 Å².